The summed E-state index contributed by atoms with van der Waals surface area (Å²) in [5.74, 6) is 6.53. The number of nitrogens with zero attached hydrogens (tertiary/aromatic N) is 3. The summed E-state index contributed by atoms with van der Waals surface area (Å²) >= 11 is 0. The molecule has 2 aliphatic rings. The largest absolute Gasteiger partial charge is 0.495 e. The fourth-order valence-electron chi connectivity index (χ4n) is 6.18. The Morgan fingerprint density at radius 2 is 1.77 bits per heavy atom. The predicted octanol–water partition coefficient (Wildman–Crippen LogP) is 6.53. The SMILES string of the molecule is COc1cc(C(C)(C)C#N)ccc1NCC#Cc1cc2c(NC3CCC(N4CCOCC4)CC3)cccc2n1CC(F)(F)F. The number of hydrogen-bond donors (Lipinski definition) is 2. The van der Waals surface area contributed by atoms with Crippen molar-refractivity contribution in [3.63, 3.8) is 0 Å². The van der Waals surface area contributed by atoms with Crippen molar-refractivity contribution in [1.82, 2.24) is 9.47 Å². The lowest BCUT2D eigenvalue weighted by Gasteiger charge is -2.39. The first-order valence-corrected chi connectivity index (χ1v) is 15.2. The summed E-state index contributed by atoms with van der Waals surface area (Å²) in [6, 6.07) is 15.8. The molecule has 2 aromatic carbocycles. The first-order valence-electron chi connectivity index (χ1n) is 15.2. The molecule has 1 aliphatic carbocycles. The number of hydrogen-bond acceptors (Lipinski definition) is 6. The number of nitriles is 1. The third-order valence-electron chi connectivity index (χ3n) is 8.69. The minimum atomic E-state index is -4.39. The third-order valence-corrected chi connectivity index (χ3v) is 8.69. The molecule has 10 heteroatoms. The summed E-state index contributed by atoms with van der Waals surface area (Å²) < 4.78 is 53.3. The van der Waals surface area contributed by atoms with Gasteiger partial charge in [-0.05, 0) is 81.3 Å². The molecule has 5 rings (SSSR count). The number of benzene rings is 2. The summed E-state index contributed by atoms with van der Waals surface area (Å²) in [7, 11) is 1.55. The maximum atomic E-state index is 13.7. The van der Waals surface area contributed by atoms with E-state index in [4.69, 9.17) is 9.47 Å². The Balaban J connectivity index is 1.32. The van der Waals surface area contributed by atoms with Crippen LogP contribution in [-0.2, 0) is 16.7 Å². The highest BCUT2D eigenvalue weighted by molar-refractivity contribution is 5.94. The maximum absolute atomic E-state index is 13.7. The second-order valence-electron chi connectivity index (χ2n) is 12.1. The van der Waals surface area contributed by atoms with Crippen LogP contribution in [0.3, 0.4) is 0 Å². The van der Waals surface area contributed by atoms with Crippen molar-refractivity contribution in [2.45, 2.75) is 69.8 Å². The van der Waals surface area contributed by atoms with E-state index < -0.39 is 18.1 Å². The minimum Gasteiger partial charge on any atom is -0.495 e. The number of nitrogens with one attached hydrogen (secondary N) is 2. The van der Waals surface area contributed by atoms with Crippen LogP contribution in [0.5, 0.6) is 5.75 Å². The summed E-state index contributed by atoms with van der Waals surface area (Å²) in [6.45, 7) is 6.29. The van der Waals surface area contributed by atoms with E-state index in [1.54, 1.807) is 25.3 Å². The van der Waals surface area contributed by atoms with E-state index in [1.807, 2.05) is 38.1 Å². The fourth-order valence-corrected chi connectivity index (χ4v) is 6.18. The van der Waals surface area contributed by atoms with E-state index in [-0.39, 0.29) is 12.6 Å². The number of rotatable bonds is 8. The van der Waals surface area contributed by atoms with Gasteiger partial charge in [0.1, 0.15) is 12.3 Å². The third kappa shape index (κ3) is 7.43. The van der Waals surface area contributed by atoms with Gasteiger partial charge in [0.05, 0.1) is 55.3 Å². The Kier molecular flexibility index (Phi) is 9.62. The lowest BCUT2D eigenvalue weighted by molar-refractivity contribution is -0.140. The van der Waals surface area contributed by atoms with Gasteiger partial charge in [0.2, 0.25) is 0 Å². The minimum absolute atomic E-state index is 0.197. The van der Waals surface area contributed by atoms with Crippen molar-refractivity contribution in [3.05, 3.63) is 53.7 Å². The van der Waals surface area contributed by atoms with Gasteiger partial charge in [-0.25, -0.2) is 0 Å². The van der Waals surface area contributed by atoms with Crippen LogP contribution in [0.25, 0.3) is 10.9 Å². The first kappa shape index (κ1) is 31.6. The number of halogens is 3. The van der Waals surface area contributed by atoms with Crippen LogP contribution < -0.4 is 15.4 Å². The zero-order valence-corrected chi connectivity index (χ0v) is 25.6. The average molecular weight is 608 g/mol. The standard InChI is InChI=1S/C34H40F3N5O2/c1-33(2,22-38)24-9-14-30(32(20-24)43-3)39-15-5-6-27-21-28-29(7-4-8-31(28)42(27)23-34(35,36)37)40-25-10-12-26(13-11-25)41-16-18-44-19-17-41/h4,7-9,14,20-21,25-26,39-40H,10-13,15-19,23H2,1-3H3. The number of fused-ring (bicyclic) bond motifs is 1. The van der Waals surface area contributed by atoms with Crippen LogP contribution in [-0.4, -0.2) is 67.7 Å². The van der Waals surface area contributed by atoms with Crippen molar-refractivity contribution in [2.75, 3.05) is 50.6 Å². The summed E-state index contributed by atoms with van der Waals surface area (Å²) in [5, 5.41) is 17.0. The molecular weight excluding hydrogens is 567 g/mol. The van der Waals surface area contributed by atoms with E-state index >= 15 is 0 Å². The predicted molar refractivity (Wildman–Crippen MR) is 167 cm³/mol. The molecule has 0 unspecified atom stereocenters. The molecule has 44 heavy (non-hydrogen) atoms. The van der Waals surface area contributed by atoms with E-state index in [0.29, 0.717) is 28.7 Å². The van der Waals surface area contributed by atoms with Crippen LogP contribution in [0.15, 0.2) is 42.5 Å². The monoisotopic (exact) mass is 607 g/mol. The molecule has 7 nitrogen and oxygen atoms in total. The number of ether oxygens (including phenoxy) is 2. The molecule has 1 aromatic heterocycles. The number of alkyl halides is 3. The number of aromatic nitrogens is 1. The van der Waals surface area contributed by atoms with E-state index in [2.05, 4.69) is 33.4 Å². The van der Waals surface area contributed by atoms with E-state index in [9.17, 15) is 18.4 Å². The van der Waals surface area contributed by atoms with Crippen molar-refractivity contribution >= 4 is 22.3 Å². The topological polar surface area (TPSA) is 74.5 Å². The highest BCUT2D eigenvalue weighted by Crippen LogP contribution is 2.34. The molecule has 0 bridgehead atoms. The Bertz CT molecular complexity index is 1550. The molecule has 234 valence electrons. The Hall–Kier alpha value is -3.86. The van der Waals surface area contributed by atoms with Gasteiger partial charge in [0, 0.05) is 36.2 Å². The normalized spacial score (nSPS) is 19.6. The van der Waals surface area contributed by atoms with Gasteiger partial charge < -0.3 is 24.7 Å². The molecular formula is C34H40F3N5O2. The van der Waals surface area contributed by atoms with Crippen molar-refractivity contribution in [3.8, 4) is 23.7 Å². The molecule has 1 saturated heterocycles. The second kappa shape index (κ2) is 13.4. The van der Waals surface area contributed by atoms with Crippen molar-refractivity contribution < 1.29 is 22.6 Å². The number of methoxy groups -OCH3 is 1. The lowest BCUT2D eigenvalue weighted by atomic mass is 9.86. The molecule has 1 saturated carbocycles. The van der Waals surface area contributed by atoms with Crippen molar-refractivity contribution in [1.29, 1.82) is 5.26 Å². The van der Waals surface area contributed by atoms with Crippen LogP contribution in [0.1, 0.15) is 50.8 Å². The van der Waals surface area contributed by atoms with Gasteiger partial charge in [-0.2, -0.15) is 18.4 Å². The molecule has 3 aromatic rings. The van der Waals surface area contributed by atoms with Gasteiger partial charge in [-0.15, -0.1) is 0 Å². The highest BCUT2D eigenvalue weighted by Gasteiger charge is 2.31. The molecule has 2 N–H and O–H groups in total. The van der Waals surface area contributed by atoms with Crippen LogP contribution in [0.2, 0.25) is 0 Å². The maximum Gasteiger partial charge on any atom is 0.406 e. The Morgan fingerprint density at radius 1 is 1.02 bits per heavy atom. The van der Waals surface area contributed by atoms with Gasteiger partial charge in [-0.1, -0.05) is 18.1 Å². The van der Waals surface area contributed by atoms with E-state index in [0.717, 1.165) is 68.6 Å². The molecule has 0 atom stereocenters. The van der Waals surface area contributed by atoms with Gasteiger partial charge in [0.25, 0.3) is 0 Å². The second-order valence-corrected chi connectivity index (χ2v) is 12.1. The summed E-state index contributed by atoms with van der Waals surface area (Å²) in [5.41, 5.74) is 2.48. The Labute approximate surface area is 257 Å². The fraction of sp³-hybridized carbons (Fsp3) is 0.500. The zero-order chi connectivity index (χ0) is 31.3. The molecule has 2 heterocycles. The van der Waals surface area contributed by atoms with Crippen LogP contribution in [0, 0.1) is 23.2 Å². The van der Waals surface area contributed by atoms with Gasteiger partial charge in [-0.3, -0.25) is 4.90 Å². The number of anilines is 2. The van der Waals surface area contributed by atoms with Gasteiger partial charge >= 0.3 is 6.18 Å². The molecule has 0 radical (unpaired) electrons. The van der Waals surface area contributed by atoms with Gasteiger partial charge in [0.15, 0.2) is 0 Å². The van der Waals surface area contributed by atoms with E-state index in [1.165, 1.54) is 4.57 Å². The average Bonchev–Trinajstić information content (AvgIpc) is 3.36. The Morgan fingerprint density at radius 3 is 2.45 bits per heavy atom. The molecule has 0 amide bonds. The lowest BCUT2D eigenvalue weighted by Crippen LogP contribution is -2.46. The quantitative estimate of drug-likeness (QED) is 0.284. The molecule has 2 fully saturated rings. The van der Waals surface area contributed by atoms with Crippen LogP contribution in [0.4, 0.5) is 24.5 Å². The van der Waals surface area contributed by atoms with Crippen LogP contribution >= 0.6 is 0 Å². The first-order chi connectivity index (χ1) is 21.1. The van der Waals surface area contributed by atoms with Crippen molar-refractivity contribution in [2.24, 2.45) is 0 Å². The smallest absolute Gasteiger partial charge is 0.406 e. The highest BCUT2D eigenvalue weighted by atomic mass is 19.4. The zero-order valence-electron chi connectivity index (χ0n) is 25.6. The number of morpholine rings is 1. The summed E-state index contributed by atoms with van der Waals surface area (Å²) in [4.78, 5) is 2.53. The summed E-state index contributed by atoms with van der Waals surface area (Å²) in [6.07, 6.45) is -0.183. The molecule has 0 spiro atoms. The molecule has 1 aliphatic heterocycles.